The Morgan fingerprint density at radius 3 is 2.81 bits per heavy atom. The first-order valence-electron chi connectivity index (χ1n) is 5.55. The second kappa shape index (κ2) is 4.63. The molecule has 4 N–H and O–H groups in total. The Labute approximate surface area is 104 Å². The van der Waals surface area contributed by atoms with Gasteiger partial charge < -0.3 is 16.2 Å². The average Bonchev–Trinajstić information content (AvgIpc) is 3.01. The third kappa shape index (κ3) is 2.68. The zero-order chi connectivity index (χ0) is 11.6. The molecular formula is C12H17BrN2O. The molecule has 0 amide bonds. The maximum absolute atomic E-state index is 8.98. The van der Waals surface area contributed by atoms with Gasteiger partial charge in [-0.25, -0.2) is 0 Å². The maximum atomic E-state index is 8.98. The fraction of sp³-hybridized carbons (Fsp3) is 0.500. The summed E-state index contributed by atoms with van der Waals surface area (Å²) < 4.78 is 1.02. The molecule has 1 fully saturated rings. The number of benzene rings is 1. The monoisotopic (exact) mass is 284 g/mol. The lowest BCUT2D eigenvalue weighted by Crippen LogP contribution is -2.17. The summed E-state index contributed by atoms with van der Waals surface area (Å²) in [6.45, 7) is 1.17. The highest BCUT2D eigenvalue weighted by atomic mass is 79.9. The van der Waals surface area contributed by atoms with Crippen molar-refractivity contribution in [2.24, 2.45) is 5.41 Å². The highest BCUT2D eigenvalue weighted by molar-refractivity contribution is 9.10. The van der Waals surface area contributed by atoms with E-state index >= 15 is 0 Å². The summed E-state index contributed by atoms with van der Waals surface area (Å²) in [7, 11) is 0. The molecule has 1 aliphatic carbocycles. The molecule has 0 unspecified atom stereocenters. The predicted octanol–water partition coefficient (Wildman–Crippen LogP) is 2.61. The molecule has 0 saturated heterocycles. The standard InChI is InChI=1S/C12H17BrN2O/c13-9-1-2-10(14)11(7-9)15-8-12(3-4-12)5-6-16/h1-2,7,15-16H,3-6,8,14H2. The van der Waals surface area contributed by atoms with Crippen LogP contribution in [0.3, 0.4) is 0 Å². The number of nitrogen functional groups attached to an aromatic ring is 1. The van der Waals surface area contributed by atoms with Gasteiger partial charge in [0, 0.05) is 17.6 Å². The lowest BCUT2D eigenvalue weighted by molar-refractivity contribution is 0.253. The van der Waals surface area contributed by atoms with Crippen LogP contribution in [0.2, 0.25) is 0 Å². The number of aliphatic hydroxyl groups excluding tert-OH is 1. The third-order valence-electron chi connectivity index (χ3n) is 3.27. The summed E-state index contributed by atoms with van der Waals surface area (Å²) in [4.78, 5) is 0. The van der Waals surface area contributed by atoms with Crippen molar-refractivity contribution in [2.45, 2.75) is 19.3 Å². The highest BCUT2D eigenvalue weighted by Gasteiger charge is 2.41. The fourth-order valence-electron chi connectivity index (χ4n) is 1.89. The molecule has 0 aliphatic heterocycles. The first-order chi connectivity index (χ1) is 7.65. The second-order valence-corrected chi connectivity index (χ2v) is 5.47. The van der Waals surface area contributed by atoms with E-state index in [1.807, 2.05) is 18.2 Å². The van der Waals surface area contributed by atoms with Crippen LogP contribution in [0.4, 0.5) is 11.4 Å². The predicted molar refractivity (Wildman–Crippen MR) is 70.4 cm³/mol. The maximum Gasteiger partial charge on any atom is 0.0585 e. The minimum Gasteiger partial charge on any atom is -0.397 e. The molecule has 0 heterocycles. The third-order valence-corrected chi connectivity index (χ3v) is 3.76. The molecule has 0 spiro atoms. The summed E-state index contributed by atoms with van der Waals surface area (Å²) in [6, 6.07) is 5.81. The van der Waals surface area contributed by atoms with Gasteiger partial charge in [-0.2, -0.15) is 0 Å². The molecule has 1 aliphatic rings. The zero-order valence-electron chi connectivity index (χ0n) is 9.17. The Balaban J connectivity index is 1.97. The van der Waals surface area contributed by atoms with Crippen LogP contribution in [0, 0.1) is 5.41 Å². The molecule has 1 aromatic carbocycles. The summed E-state index contributed by atoms with van der Waals surface area (Å²) in [6.07, 6.45) is 3.29. The molecular weight excluding hydrogens is 268 g/mol. The van der Waals surface area contributed by atoms with Crippen LogP contribution in [0.1, 0.15) is 19.3 Å². The quantitative estimate of drug-likeness (QED) is 0.729. The van der Waals surface area contributed by atoms with Crippen LogP contribution in [-0.4, -0.2) is 18.3 Å². The SMILES string of the molecule is Nc1ccc(Br)cc1NCC1(CCO)CC1. The van der Waals surface area contributed by atoms with Crippen molar-refractivity contribution in [1.29, 1.82) is 0 Å². The minimum atomic E-state index is 0.273. The summed E-state index contributed by atoms with van der Waals surface area (Å²) in [5.74, 6) is 0. The Hall–Kier alpha value is -0.740. The van der Waals surface area contributed by atoms with E-state index < -0.39 is 0 Å². The van der Waals surface area contributed by atoms with Gasteiger partial charge in [-0.15, -0.1) is 0 Å². The number of hydrogen-bond acceptors (Lipinski definition) is 3. The van der Waals surface area contributed by atoms with Crippen LogP contribution in [0.15, 0.2) is 22.7 Å². The van der Waals surface area contributed by atoms with E-state index in [1.165, 1.54) is 12.8 Å². The van der Waals surface area contributed by atoms with Crippen molar-refractivity contribution >= 4 is 27.3 Å². The molecule has 16 heavy (non-hydrogen) atoms. The average molecular weight is 285 g/mol. The Kier molecular flexibility index (Phi) is 3.40. The van der Waals surface area contributed by atoms with Crippen LogP contribution in [0.25, 0.3) is 0 Å². The van der Waals surface area contributed by atoms with E-state index in [-0.39, 0.29) is 6.61 Å². The van der Waals surface area contributed by atoms with Gasteiger partial charge in [-0.3, -0.25) is 0 Å². The fourth-order valence-corrected chi connectivity index (χ4v) is 2.25. The smallest absolute Gasteiger partial charge is 0.0585 e. The van der Waals surface area contributed by atoms with Gasteiger partial charge >= 0.3 is 0 Å². The van der Waals surface area contributed by atoms with Crippen LogP contribution in [-0.2, 0) is 0 Å². The number of halogens is 1. The Morgan fingerprint density at radius 1 is 1.44 bits per heavy atom. The van der Waals surface area contributed by atoms with Crippen molar-refractivity contribution in [2.75, 3.05) is 24.2 Å². The number of aliphatic hydroxyl groups is 1. The number of nitrogens with two attached hydrogens (primary N) is 1. The second-order valence-electron chi connectivity index (χ2n) is 4.56. The van der Waals surface area contributed by atoms with E-state index in [0.29, 0.717) is 5.41 Å². The van der Waals surface area contributed by atoms with E-state index in [1.54, 1.807) is 0 Å². The number of hydrogen-bond donors (Lipinski definition) is 3. The molecule has 0 radical (unpaired) electrons. The zero-order valence-corrected chi connectivity index (χ0v) is 10.8. The molecule has 2 rings (SSSR count). The minimum absolute atomic E-state index is 0.273. The number of nitrogens with one attached hydrogen (secondary N) is 1. The van der Waals surface area contributed by atoms with Gasteiger partial charge in [0.2, 0.25) is 0 Å². The highest BCUT2D eigenvalue weighted by Crippen LogP contribution is 2.48. The van der Waals surface area contributed by atoms with Crippen LogP contribution >= 0.6 is 15.9 Å². The first kappa shape index (κ1) is 11.7. The molecule has 3 nitrogen and oxygen atoms in total. The molecule has 4 heteroatoms. The van der Waals surface area contributed by atoms with Gasteiger partial charge in [0.05, 0.1) is 11.4 Å². The Morgan fingerprint density at radius 2 is 2.19 bits per heavy atom. The summed E-state index contributed by atoms with van der Waals surface area (Å²) >= 11 is 3.43. The molecule has 1 saturated carbocycles. The van der Waals surface area contributed by atoms with E-state index in [2.05, 4.69) is 21.2 Å². The summed E-state index contributed by atoms with van der Waals surface area (Å²) in [5.41, 5.74) is 7.93. The van der Waals surface area contributed by atoms with Gasteiger partial charge in [0.25, 0.3) is 0 Å². The molecule has 88 valence electrons. The lowest BCUT2D eigenvalue weighted by Gasteiger charge is -2.16. The molecule has 0 bridgehead atoms. The molecule has 1 aromatic rings. The normalized spacial score (nSPS) is 17.1. The van der Waals surface area contributed by atoms with Gasteiger partial charge in [-0.05, 0) is 42.9 Å². The lowest BCUT2D eigenvalue weighted by atomic mass is 10.0. The van der Waals surface area contributed by atoms with Crippen LogP contribution < -0.4 is 11.1 Å². The van der Waals surface area contributed by atoms with Crippen molar-refractivity contribution < 1.29 is 5.11 Å². The molecule has 0 atom stereocenters. The number of anilines is 2. The largest absolute Gasteiger partial charge is 0.397 e. The van der Waals surface area contributed by atoms with Crippen molar-refractivity contribution in [3.63, 3.8) is 0 Å². The topological polar surface area (TPSA) is 58.3 Å². The van der Waals surface area contributed by atoms with Gasteiger partial charge in [-0.1, -0.05) is 15.9 Å². The van der Waals surface area contributed by atoms with Gasteiger partial charge in [0.1, 0.15) is 0 Å². The molecule has 0 aromatic heterocycles. The summed E-state index contributed by atoms with van der Waals surface area (Å²) in [5, 5.41) is 12.4. The first-order valence-corrected chi connectivity index (χ1v) is 6.34. The number of rotatable bonds is 5. The van der Waals surface area contributed by atoms with Crippen molar-refractivity contribution in [3.8, 4) is 0 Å². The van der Waals surface area contributed by atoms with Crippen molar-refractivity contribution in [3.05, 3.63) is 22.7 Å². The van der Waals surface area contributed by atoms with E-state index in [9.17, 15) is 0 Å². The van der Waals surface area contributed by atoms with Gasteiger partial charge in [0.15, 0.2) is 0 Å². The van der Waals surface area contributed by atoms with E-state index in [0.717, 1.165) is 28.8 Å². The van der Waals surface area contributed by atoms with Crippen LogP contribution in [0.5, 0.6) is 0 Å². The Bertz CT molecular complexity index is 377. The van der Waals surface area contributed by atoms with E-state index in [4.69, 9.17) is 10.8 Å². The van der Waals surface area contributed by atoms with Crippen molar-refractivity contribution in [1.82, 2.24) is 0 Å².